The number of aromatic nitrogens is 4. The average molecular weight is 320 g/mol. The smallest absolute Gasteiger partial charge is 0.155 e. The molecular formula is C19H20N4O. The second kappa shape index (κ2) is 4.92. The van der Waals surface area contributed by atoms with Crippen molar-refractivity contribution in [3.05, 3.63) is 53.6 Å². The number of hydrogen-bond donors (Lipinski definition) is 2. The molecule has 4 aromatic rings. The minimum Gasteiger partial charge on any atom is -0.386 e. The first kappa shape index (κ1) is 14.9. The molecule has 5 nitrogen and oxygen atoms in total. The molecular weight excluding hydrogens is 300 g/mol. The van der Waals surface area contributed by atoms with Crippen LogP contribution in [0.25, 0.3) is 27.9 Å². The summed E-state index contributed by atoms with van der Waals surface area (Å²) in [6.45, 7) is 7.67. The lowest BCUT2D eigenvalue weighted by Crippen LogP contribution is -2.14. The van der Waals surface area contributed by atoms with Gasteiger partial charge in [-0.25, -0.2) is 9.97 Å². The number of benzene rings is 1. The van der Waals surface area contributed by atoms with Gasteiger partial charge in [0, 0.05) is 5.56 Å². The Morgan fingerprint density at radius 1 is 1.04 bits per heavy atom. The topological polar surface area (TPSA) is 66.2 Å². The third-order valence-electron chi connectivity index (χ3n) is 4.59. The Bertz CT molecular complexity index is 1050. The maximum atomic E-state index is 10.1. The van der Waals surface area contributed by atoms with Gasteiger partial charge in [0.1, 0.15) is 5.82 Å². The second-order valence-corrected chi connectivity index (χ2v) is 6.78. The summed E-state index contributed by atoms with van der Waals surface area (Å²) in [6.07, 6.45) is 3.67. The van der Waals surface area contributed by atoms with E-state index in [1.807, 2.05) is 43.6 Å². The van der Waals surface area contributed by atoms with Crippen LogP contribution in [0.2, 0.25) is 0 Å². The van der Waals surface area contributed by atoms with Crippen LogP contribution in [-0.4, -0.2) is 24.5 Å². The molecule has 3 aromatic heterocycles. The first-order valence-electron chi connectivity index (χ1n) is 8.01. The quantitative estimate of drug-likeness (QED) is 0.591. The summed E-state index contributed by atoms with van der Waals surface area (Å²) in [5, 5.41) is 10.1. The zero-order valence-electron chi connectivity index (χ0n) is 14.3. The lowest BCUT2D eigenvalue weighted by Gasteiger charge is -2.17. The van der Waals surface area contributed by atoms with E-state index in [9.17, 15) is 5.11 Å². The Balaban J connectivity index is 1.93. The Morgan fingerprint density at radius 2 is 1.71 bits per heavy atom. The monoisotopic (exact) mass is 320 g/mol. The van der Waals surface area contributed by atoms with Gasteiger partial charge in [0.2, 0.25) is 0 Å². The van der Waals surface area contributed by atoms with E-state index >= 15 is 0 Å². The molecule has 122 valence electrons. The van der Waals surface area contributed by atoms with Crippen molar-refractivity contribution in [2.45, 2.75) is 33.3 Å². The van der Waals surface area contributed by atoms with Gasteiger partial charge in [-0.15, -0.1) is 0 Å². The van der Waals surface area contributed by atoms with Crippen molar-refractivity contribution in [3.8, 4) is 11.3 Å². The highest BCUT2D eigenvalue weighted by Gasteiger charge is 2.18. The number of aryl methyl sites for hydroxylation is 2. The molecule has 0 spiro atoms. The Hall–Kier alpha value is -2.66. The molecule has 0 fully saturated rings. The van der Waals surface area contributed by atoms with Crippen LogP contribution in [0.15, 0.2) is 36.7 Å². The molecule has 2 N–H and O–H groups in total. The maximum Gasteiger partial charge on any atom is 0.155 e. The van der Waals surface area contributed by atoms with Gasteiger partial charge in [0.15, 0.2) is 5.65 Å². The van der Waals surface area contributed by atoms with E-state index < -0.39 is 5.60 Å². The Morgan fingerprint density at radius 3 is 2.38 bits per heavy atom. The van der Waals surface area contributed by atoms with Gasteiger partial charge in [-0.2, -0.15) is 0 Å². The molecule has 4 rings (SSSR count). The number of aliphatic hydroxyl groups is 1. The zero-order chi connectivity index (χ0) is 17.1. The van der Waals surface area contributed by atoms with Crippen LogP contribution in [0.5, 0.6) is 0 Å². The van der Waals surface area contributed by atoms with Crippen molar-refractivity contribution in [1.29, 1.82) is 0 Å². The number of fused-ring (bicyclic) bond motifs is 3. The number of rotatable bonds is 2. The van der Waals surface area contributed by atoms with E-state index in [4.69, 9.17) is 0 Å². The zero-order valence-corrected chi connectivity index (χ0v) is 14.3. The van der Waals surface area contributed by atoms with Crippen molar-refractivity contribution in [1.82, 2.24) is 19.4 Å². The van der Waals surface area contributed by atoms with E-state index in [0.29, 0.717) is 0 Å². The lowest BCUT2D eigenvalue weighted by molar-refractivity contribution is 0.0786. The lowest BCUT2D eigenvalue weighted by atomic mass is 9.96. The van der Waals surface area contributed by atoms with Gasteiger partial charge < -0.3 is 10.1 Å². The molecule has 0 aliphatic carbocycles. The number of nitrogens with one attached hydrogen (secondary N) is 1. The third-order valence-corrected chi connectivity index (χ3v) is 4.59. The molecule has 0 radical (unpaired) electrons. The number of hydrogen-bond acceptors (Lipinski definition) is 3. The highest BCUT2D eigenvalue weighted by Crippen LogP contribution is 2.31. The molecule has 0 bridgehead atoms. The Kier molecular flexibility index (Phi) is 3.05. The molecule has 0 aliphatic rings. The second-order valence-electron chi connectivity index (χ2n) is 6.78. The summed E-state index contributed by atoms with van der Waals surface area (Å²) in [5.41, 5.74) is 6.21. The molecule has 0 amide bonds. The van der Waals surface area contributed by atoms with Crippen molar-refractivity contribution in [2.24, 2.45) is 0 Å². The summed E-state index contributed by atoms with van der Waals surface area (Å²) >= 11 is 0. The van der Waals surface area contributed by atoms with E-state index in [0.717, 1.165) is 44.9 Å². The molecule has 1 aromatic carbocycles. The van der Waals surface area contributed by atoms with Crippen molar-refractivity contribution >= 4 is 16.7 Å². The number of H-pyrrole nitrogens is 1. The molecule has 0 saturated carbocycles. The van der Waals surface area contributed by atoms with Gasteiger partial charge >= 0.3 is 0 Å². The molecule has 24 heavy (non-hydrogen) atoms. The van der Waals surface area contributed by atoms with Crippen molar-refractivity contribution < 1.29 is 5.11 Å². The highest BCUT2D eigenvalue weighted by molar-refractivity contribution is 5.87. The Labute approximate surface area is 140 Å². The van der Waals surface area contributed by atoms with E-state index in [2.05, 4.69) is 26.3 Å². The summed E-state index contributed by atoms with van der Waals surface area (Å²) in [6, 6.07) is 7.99. The van der Waals surface area contributed by atoms with Crippen LogP contribution in [-0.2, 0) is 5.60 Å². The number of nitrogens with zero attached hydrogens (tertiary/aromatic N) is 3. The number of aromatic amines is 1. The first-order chi connectivity index (χ1) is 11.4. The predicted octanol–water partition coefficient (Wildman–Crippen LogP) is 3.72. The van der Waals surface area contributed by atoms with Gasteiger partial charge in [-0.1, -0.05) is 24.3 Å². The standard InChI is InChI=1S/C19H20N4O/c1-11-16(13-5-7-14(8-6-13)19(3,4)24)22-18-17(11)23-12(2)20-9-15(23)10-21-18/h5-10,22,24H,1-4H3. The van der Waals surface area contributed by atoms with E-state index in [1.54, 1.807) is 13.8 Å². The summed E-state index contributed by atoms with van der Waals surface area (Å²) in [5.74, 6) is 0.948. The van der Waals surface area contributed by atoms with Gasteiger partial charge in [0.25, 0.3) is 0 Å². The van der Waals surface area contributed by atoms with Crippen molar-refractivity contribution in [3.63, 3.8) is 0 Å². The fraction of sp³-hybridized carbons (Fsp3) is 0.263. The van der Waals surface area contributed by atoms with Crippen LogP contribution in [0.4, 0.5) is 0 Å². The predicted molar refractivity (Wildman–Crippen MR) is 95.0 cm³/mol. The van der Waals surface area contributed by atoms with Crippen LogP contribution >= 0.6 is 0 Å². The van der Waals surface area contributed by atoms with Gasteiger partial charge in [-0.05, 0) is 38.8 Å². The molecule has 0 atom stereocenters. The molecule has 3 heterocycles. The number of imidazole rings is 1. The first-order valence-corrected chi connectivity index (χ1v) is 8.01. The fourth-order valence-electron chi connectivity index (χ4n) is 3.24. The van der Waals surface area contributed by atoms with Gasteiger partial charge in [0.05, 0.1) is 34.7 Å². The van der Waals surface area contributed by atoms with Crippen LogP contribution < -0.4 is 0 Å². The van der Waals surface area contributed by atoms with E-state index in [1.165, 1.54) is 0 Å². The molecule has 5 heteroatoms. The molecule has 0 saturated heterocycles. The van der Waals surface area contributed by atoms with Crippen LogP contribution in [0.3, 0.4) is 0 Å². The summed E-state index contributed by atoms with van der Waals surface area (Å²) in [4.78, 5) is 12.3. The highest BCUT2D eigenvalue weighted by atomic mass is 16.3. The van der Waals surface area contributed by atoms with Crippen molar-refractivity contribution in [2.75, 3.05) is 0 Å². The molecule has 0 aliphatic heterocycles. The third kappa shape index (κ3) is 2.12. The molecule has 0 unspecified atom stereocenters. The summed E-state index contributed by atoms with van der Waals surface area (Å²) in [7, 11) is 0. The van der Waals surface area contributed by atoms with Crippen LogP contribution in [0.1, 0.15) is 30.8 Å². The fourth-order valence-corrected chi connectivity index (χ4v) is 3.24. The minimum absolute atomic E-state index is 0.838. The largest absolute Gasteiger partial charge is 0.386 e. The van der Waals surface area contributed by atoms with Crippen LogP contribution in [0, 0.1) is 13.8 Å². The summed E-state index contributed by atoms with van der Waals surface area (Å²) < 4.78 is 2.13. The van der Waals surface area contributed by atoms with E-state index in [-0.39, 0.29) is 0 Å². The van der Waals surface area contributed by atoms with Gasteiger partial charge in [-0.3, -0.25) is 4.40 Å². The minimum atomic E-state index is -0.838. The maximum absolute atomic E-state index is 10.1. The average Bonchev–Trinajstić information content (AvgIpc) is 3.08. The normalized spacial score (nSPS) is 12.4. The SMILES string of the molecule is Cc1c(-c2ccc(C(C)(C)O)cc2)[nH]c2ncc3cnc(C)n3c12.